The highest BCUT2D eigenvalue weighted by Crippen LogP contribution is 2.32. The molecule has 7 nitrogen and oxygen atoms in total. The van der Waals surface area contributed by atoms with Gasteiger partial charge in [0.25, 0.3) is 0 Å². The van der Waals surface area contributed by atoms with E-state index in [1.165, 1.54) is 11.3 Å². The van der Waals surface area contributed by atoms with Crippen LogP contribution in [0.15, 0.2) is 40.9 Å². The summed E-state index contributed by atoms with van der Waals surface area (Å²) >= 11 is 1.45. The topological polar surface area (TPSA) is 91.8 Å². The summed E-state index contributed by atoms with van der Waals surface area (Å²) < 4.78 is 28.6. The normalized spacial score (nSPS) is 16.9. The highest BCUT2D eigenvalue weighted by atomic mass is 32.2. The van der Waals surface area contributed by atoms with Crippen molar-refractivity contribution in [2.24, 2.45) is 0 Å². The molecule has 1 saturated heterocycles. The molecular weight excluding hydrogens is 394 g/mol. The number of nitrogens with one attached hydrogen (secondary N) is 1. The number of aromatic nitrogens is 4. The summed E-state index contributed by atoms with van der Waals surface area (Å²) in [6.45, 7) is 2.94. The lowest BCUT2D eigenvalue weighted by atomic mass is 9.93. The van der Waals surface area contributed by atoms with Gasteiger partial charge in [-0.15, -0.1) is 11.3 Å². The third-order valence-corrected chi connectivity index (χ3v) is 8.06. The van der Waals surface area contributed by atoms with Crippen LogP contribution in [0.25, 0.3) is 21.4 Å². The van der Waals surface area contributed by atoms with Gasteiger partial charge in [0.1, 0.15) is 5.52 Å². The predicted molar refractivity (Wildman–Crippen MR) is 109 cm³/mol. The van der Waals surface area contributed by atoms with E-state index in [1.54, 1.807) is 28.0 Å². The van der Waals surface area contributed by atoms with E-state index in [2.05, 4.69) is 15.0 Å². The molecule has 0 amide bonds. The Morgan fingerprint density at radius 1 is 1.14 bits per heavy atom. The van der Waals surface area contributed by atoms with Crippen LogP contribution in [0, 0.1) is 6.92 Å². The molecule has 0 bridgehead atoms. The number of rotatable bonds is 3. The first-order valence-electron chi connectivity index (χ1n) is 9.17. The number of hydrogen-bond donors (Lipinski definition) is 1. The van der Waals surface area contributed by atoms with Gasteiger partial charge in [-0.2, -0.15) is 4.31 Å². The monoisotopic (exact) mass is 413 g/mol. The first kappa shape index (κ1) is 17.7. The van der Waals surface area contributed by atoms with Crippen LogP contribution in [0.1, 0.15) is 30.1 Å². The van der Waals surface area contributed by atoms with Gasteiger partial charge in [0.2, 0.25) is 10.0 Å². The van der Waals surface area contributed by atoms with Crippen LogP contribution in [-0.4, -0.2) is 45.7 Å². The van der Waals surface area contributed by atoms with Gasteiger partial charge in [-0.25, -0.2) is 23.4 Å². The maximum atomic E-state index is 13.1. The van der Waals surface area contributed by atoms with E-state index in [0.29, 0.717) is 18.0 Å². The molecule has 1 aliphatic heterocycles. The highest BCUT2D eigenvalue weighted by molar-refractivity contribution is 7.89. The summed E-state index contributed by atoms with van der Waals surface area (Å²) in [6, 6.07) is 7.07. The van der Waals surface area contributed by atoms with Crippen molar-refractivity contribution in [3.05, 3.63) is 47.4 Å². The fourth-order valence-corrected chi connectivity index (χ4v) is 6.16. The summed E-state index contributed by atoms with van der Waals surface area (Å²) in [7, 11) is -3.50. The summed E-state index contributed by atoms with van der Waals surface area (Å²) in [5, 5.41) is 0. The molecule has 1 aromatic carbocycles. The second kappa shape index (κ2) is 6.61. The fraction of sp³-hybridized carbons (Fsp3) is 0.316. The molecule has 5 rings (SSSR count). The lowest BCUT2D eigenvalue weighted by Gasteiger charge is -2.31. The Labute approximate surface area is 166 Å². The predicted octanol–water partition coefficient (Wildman–Crippen LogP) is 3.44. The molecule has 1 fully saturated rings. The smallest absolute Gasteiger partial charge is 0.243 e. The van der Waals surface area contributed by atoms with E-state index in [4.69, 9.17) is 4.98 Å². The molecule has 3 aromatic heterocycles. The van der Waals surface area contributed by atoms with E-state index in [9.17, 15) is 8.42 Å². The minimum Gasteiger partial charge on any atom is -0.345 e. The molecule has 0 unspecified atom stereocenters. The average molecular weight is 414 g/mol. The van der Waals surface area contributed by atoms with E-state index in [1.807, 2.05) is 19.2 Å². The summed E-state index contributed by atoms with van der Waals surface area (Å²) in [6.07, 6.45) is 3.32. The number of fused-ring (bicyclic) bond motifs is 2. The van der Waals surface area contributed by atoms with Crippen molar-refractivity contribution < 1.29 is 8.42 Å². The number of sulfonamides is 1. The molecule has 1 N–H and O–H groups in total. The average Bonchev–Trinajstić information content (AvgIpc) is 3.35. The zero-order valence-corrected chi connectivity index (χ0v) is 16.9. The highest BCUT2D eigenvalue weighted by Gasteiger charge is 2.31. The van der Waals surface area contributed by atoms with Crippen molar-refractivity contribution in [2.45, 2.75) is 30.6 Å². The molecule has 0 radical (unpaired) electrons. The molecule has 1 aliphatic rings. The Bertz CT molecular complexity index is 1270. The van der Waals surface area contributed by atoms with Crippen LogP contribution in [0.4, 0.5) is 0 Å². The Hall–Kier alpha value is -2.36. The maximum Gasteiger partial charge on any atom is 0.243 e. The Morgan fingerprint density at radius 3 is 2.79 bits per heavy atom. The van der Waals surface area contributed by atoms with Crippen LogP contribution in [0.5, 0.6) is 0 Å². The van der Waals surface area contributed by atoms with E-state index >= 15 is 0 Å². The zero-order chi connectivity index (χ0) is 19.3. The van der Waals surface area contributed by atoms with Crippen LogP contribution in [0.2, 0.25) is 0 Å². The molecular formula is C19H19N5O2S2. The van der Waals surface area contributed by atoms with Gasteiger partial charge in [0.15, 0.2) is 5.65 Å². The number of piperidine rings is 1. The van der Waals surface area contributed by atoms with Crippen molar-refractivity contribution in [3.8, 4) is 0 Å². The third kappa shape index (κ3) is 2.90. The van der Waals surface area contributed by atoms with E-state index in [-0.39, 0.29) is 5.92 Å². The second-order valence-corrected chi connectivity index (χ2v) is 9.89. The van der Waals surface area contributed by atoms with Gasteiger partial charge < -0.3 is 4.98 Å². The number of nitrogens with zero attached hydrogens (tertiary/aromatic N) is 4. The number of H-pyrrole nitrogens is 1. The van der Waals surface area contributed by atoms with E-state index < -0.39 is 10.0 Å². The third-order valence-electron chi connectivity index (χ3n) is 5.38. The molecule has 0 aliphatic carbocycles. The number of aryl methyl sites for hydroxylation is 1. The maximum absolute atomic E-state index is 13.1. The van der Waals surface area contributed by atoms with Gasteiger partial charge in [-0.1, -0.05) is 0 Å². The molecule has 0 saturated carbocycles. The molecule has 9 heteroatoms. The standard InChI is InChI=1S/C19H19N5O2S2/c1-12-18(23-16-4-7-20-19(16)22-12)13-5-8-24(9-6-13)28(25,26)14-2-3-15-17(10-14)27-11-21-15/h2-4,7,10-11,13H,5-6,8-9H2,1H3,(H,20,22). The molecule has 0 atom stereocenters. The zero-order valence-electron chi connectivity index (χ0n) is 15.3. The minimum absolute atomic E-state index is 0.224. The Balaban J connectivity index is 1.37. The fourth-order valence-electron chi connectivity index (χ4n) is 3.87. The minimum atomic E-state index is -3.50. The van der Waals surface area contributed by atoms with Crippen LogP contribution < -0.4 is 0 Å². The van der Waals surface area contributed by atoms with Crippen molar-refractivity contribution in [3.63, 3.8) is 0 Å². The number of aromatic amines is 1. The quantitative estimate of drug-likeness (QED) is 0.555. The number of benzene rings is 1. The van der Waals surface area contributed by atoms with Crippen molar-refractivity contribution in [2.75, 3.05) is 13.1 Å². The first-order valence-corrected chi connectivity index (χ1v) is 11.5. The first-order chi connectivity index (χ1) is 13.5. The van der Waals surface area contributed by atoms with Crippen molar-refractivity contribution in [1.29, 1.82) is 0 Å². The van der Waals surface area contributed by atoms with Gasteiger partial charge in [0.05, 0.1) is 32.0 Å². The van der Waals surface area contributed by atoms with Gasteiger partial charge in [-0.3, -0.25) is 0 Å². The van der Waals surface area contributed by atoms with Crippen LogP contribution >= 0.6 is 11.3 Å². The SMILES string of the molecule is Cc1nc2[nH]ccc2nc1C1CCN(S(=O)(=O)c2ccc3ncsc3c2)CC1. The lowest BCUT2D eigenvalue weighted by Crippen LogP contribution is -2.38. The number of thiazole rings is 1. The van der Waals surface area contributed by atoms with Crippen LogP contribution in [-0.2, 0) is 10.0 Å². The lowest BCUT2D eigenvalue weighted by molar-refractivity contribution is 0.316. The molecule has 0 spiro atoms. The summed E-state index contributed by atoms with van der Waals surface area (Å²) in [4.78, 5) is 17.0. The largest absolute Gasteiger partial charge is 0.345 e. The van der Waals surface area contributed by atoms with Crippen molar-refractivity contribution >= 4 is 42.7 Å². The van der Waals surface area contributed by atoms with Gasteiger partial charge in [0, 0.05) is 25.2 Å². The van der Waals surface area contributed by atoms with Gasteiger partial charge in [-0.05, 0) is 44.0 Å². The Morgan fingerprint density at radius 2 is 1.96 bits per heavy atom. The van der Waals surface area contributed by atoms with Crippen LogP contribution in [0.3, 0.4) is 0 Å². The molecule has 4 heterocycles. The molecule has 4 aromatic rings. The summed E-state index contributed by atoms with van der Waals surface area (Å²) in [5.41, 5.74) is 6.10. The number of hydrogen-bond acceptors (Lipinski definition) is 6. The van der Waals surface area contributed by atoms with E-state index in [0.717, 1.165) is 45.6 Å². The second-order valence-electron chi connectivity index (χ2n) is 7.07. The van der Waals surface area contributed by atoms with Gasteiger partial charge >= 0.3 is 0 Å². The Kier molecular flexibility index (Phi) is 4.18. The summed E-state index contributed by atoms with van der Waals surface area (Å²) in [5.74, 6) is 0.224. The van der Waals surface area contributed by atoms with Crippen molar-refractivity contribution in [1.82, 2.24) is 24.2 Å². The molecule has 28 heavy (non-hydrogen) atoms. The molecule has 144 valence electrons.